The number of nitrogens with one attached hydrogen (secondary N) is 1. The number of benzene rings is 2. The van der Waals surface area contributed by atoms with E-state index in [2.05, 4.69) is 26.3 Å². The Balaban J connectivity index is 1.55. The maximum absolute atomic E-state index is 12.7. The Morgan fingerprint density at radius 1 is 1.03 bits per heavy atom. The van der Waals surface area contributed by atoms with Crippen molar-refractivity contribution >= 4 is 27.5 Å². The van der Waals surface area contributed by atoms with Crippen molar-refractivity contribution in [3.63, 3.8) is 0 Å². The van der Waals surface area contributed by atoms with Crippen molar-refractivity contribution in [1.29, 1.82) is 0 Å². The second kappa shape index (κ2) is 11.9. The van der Waals surface area contributed by atoms with Crippen LogP contribution >= 0.6 is 15.9 Å². The smallest absolute Gasteiger partial charge is 0.229 e. The third-order valence-electron chi connectivity index (χ3n) is 5.32. The van der Waals surface area contributed by atoms with Crippen LogP contribution in [0.2, 0.25) is 0 Å². The Hall–Kier alpha value is -3.00. The molecule has 182 valence electrons. The third kappa shape index (κ3) is 6.53. The maximum atomic E-state index is 12.7. The molecule has 1 unspecified atom stereocenters. The van der Waals surface area contributed by atoms with Crippen molar-refractivity contribution in [2.45, 2.75) is 47.8 Å². The molecule has 0 bridgehead atoms. The Kier molecular flexibility index (Phi) is 8.98. The number of anilines is 1. The highest BCUT2D eigenvalue weighted by atomic mass is 79.9. The number of carbonyl (C=O) groups is 1. The molecule has 34 heavy (non-hydrogen) atoms. The molecule has 1 N–H and O–H groups in total. The van der Waals surface area contributed by atoms with Crippen molar-refractivity contribution in [3.05, 3.63) is 63.9 Å². The third-order valence-corrected chi connectivity index (χ3v) is 6.47. The molecule has 0 spiro atoms. The summed E-state index contributed by atoms with van der Waals surface area (Å²) in [6.45, 7) is 11.8. The molecule has 0 aliphatic carbocycles. The molecule has 1 amide bonds. The molecule has 0 aliphatic rings. The van der Waals surface area contributed by atoms with Crippen LogP contribution in [0.3, 0.4) is 0 Å². The first-order valence-corrected chi connectivity index (χ1v) is 12.2. The fourth-order valence-corrected chi connectivity index (χ4v) is 3.73. The summed E-state index contributed by atoms with van der Waals surface area (Å²) in [6, 6.07) is 13.2. The van der Waals surface area contributed by atoms with Gasteiger partial charge in [-0.1, -0.05) is 13.0 Å². The first kappa shape index (κ1) is 25.6. The average Bonchev–Trinajstić information content (AvgIpc) is 3.06. The van der Waals surface area contributed by atoms with E-state index in [1.165, 1.54) is 0 Å². The van der Waals surface area contributed by atoms with Crippen LogP contribution in [0.5, 0.6) is 17.2 Å². The van der Waals surface area contributed by atoms with Gasteiger partial charge < -0.3 is 19.5 Å². The second-order valence-electron chi connectivity index (χ2n) is 8.02. The molecule has 0 radical (unpaired) electrons. The van der Waals surface area contributed by atoms with Gasteiger partial charge in [0.1, 0.15) is 12.4 Å². The number of amides is 1. The van der Waals surface area contributed by atoms with Gasteiger partial charge in [0.25, 0.3) is 0 Å². The first-order chi connectivity index (χ1) is 16.3. The summed E-state index contributed by atoms with van der Waals surface area (Å²) in [5.41, 5.74) is 3.63. The first-order valence-electron chi connectivity index (χ1n) is 11.4. The van der Waals surface area contributed by atoms with Crippen LogP contribution in [-0.2, 0) is 17.9 Å². The highest BCUT2D eigenvalue weighted by molar-refractivity contribution is 9.10. The van der Waals surface area contributed by atoms with E-state index in [9.17, 15) is 4.79 Å². The van der Waals surface area contributed by atoms with E-state index in [0.29, 0.717) is 37.9 Å². The summed E-state index contributed by atoms with van der Waals surface area (Å²) in [6.07, 6.45) is 0. The zero-order chi connectivity index (χ0) is 24.7. The van der Waals surface area contributed by atoms with Gasteiger partial charge in [0.15, 0.2) is 11.5 Å². The lowest BCUT2D eigenvalue weighted by Gasteiger charge is -2.14. The van der Waals surface area contributed by atoms with Crippen LogP contribution < -0.4 is 19.5 Å². The molecular weight excluding hydrogens is 498 g/mol. The Morgan fingerprint density at radius 2 is 1.71 bits per heavy atom. The monoisotopic (exact) mass is 529 g/mol. The summed E-state index contributed by atoms with van der Waals surface area (Å²) in [5, 5.41) is 7.45. The molecule has 0 saturated heterocycles. The van der Waals surface area contributed by atoms with Gasteiger partial charge in [0.2, 0.25) is 5.91 Å². The van der Waals surface area contributed by atoms with E-state index < -0.39 is 0 Å². The van der Waals surface area contributed by atoms with Gasteiger partial charge in [0.05, 0.1) is 35.8 Å². The maximum Gasteiger partial charge on any atom is 0.229 e. The van der Waals surface area contributed by atoms with E-state index in [1.54, 1.807) is 0 Å². The average molecular weight is 530 g/mol. The van der Waals surface area contributed by atoms with Crippen LogP contribution in [0, 0.1) is 19.8 Å². The van der Waals surface area contributed by atoms with Crippen molar-refractivity contribution in [2.75, 3.05) is 18.5 Å². The molecule has 7 nitrogen and oxygen atoms in total. The van der Waals surface area contributed by atoms with Crippen molar-refractivity contribution in [3.8, 4) is 17.2 Å². The van der Waals surface area contributed by atoms with Crippen LogP contribution in [0.25, 0.3) is 0 Å². The lowest BCUT2D eigenvalue weighted by Crippen LogP contribution is -2.25. The van der Waals surface area contributed by atoms with Gasteiger partial charge in [-0.3, -0.25) is 9.48 Å². The van der Waals surface area contributed by atoms with E-state index in [1.807, 2.05) is 81.8 Å². The van der Waals surface area contributed by atoms with Crippen LogP contribution in [0.15, 0.2) is 46.9 Å². The predicted molar refractivity (Wildman–Crippen MR) is 137 cm³/mol. The summed E-state index contributed by atoms with van der Waals surface area (Å²) >= 11 is 3.53. The number of carbonyl (C=O) groups excluding carboxylic acids is 1. The van der Waals surface area contributed by atoms with Crippen molar-refractivity contribution < 1.29 is 19.0 Å². The number of nitrogens with zero attached hydrogens (tertiary/aromatic N) is 2. The molecular formula is C26H32BrN3O4. The summed E-state index contributed by atoms with van der Waals surface area (Å²) in [7, 11) is 0. The van der Waals surface area contributed by atoms with Crippen LogP contribution in [0.1, 0.15) is 37.7 Å². The molecule has 1 aromatic heterocycles. The molecule has 8 heteroatoms. The minimum Gasteiger partial charge on any atom is -0.490 e. The Bertz CT molecular complexity index is 1110. The largest absolute Gasteiger partial charge is 0.490 e. The molecule has 0 saturated carbocycles. The van der Waals surface area contributed by atoms with E-state index in [4.69, 9.17) is 14.2 Å². The number of aromatic nitrogens is 2. The summed E-state index contributed by atoms with van der Waals surface area (Å²) < 4.78 is 20.0. The molecule has 2 aromatic carbocycles. The number of aryl methyl sites for hydroxylation is 1. The highest BCUT2D eigenvalue weighted by Gasteiger charge is 2.17. The number of ether oxygens (including phenoxy) is 3. The van der Waals surface area contributed by atoms with Gasteiger partial charge in [-0.25, -0.2) is 0 Å². The predicted octanol–water partition coefficient (Wildman–Crippen LogP) is 5.91. The number of hydrogen-bond acceptors (Lipinski definition) is 5. The topological polar surface area (TPSA) is 74.6 Å². The second-order valence-corrected chi connectivity index (χ2v) is 8.81. The highest BCUT2D eigenvalue weighted by Crippen LogP contribution is 2.29. The number of rotatable bonds is 11. The Labute approximate surface area is 209 Å². The summed E-state index contributed by atoms with van der Waals surface area (Å²) in [4.78, 5) is 12.7. The van der Waals surface area contributed by atoms with Gasteiger partial charge in [-0.15, -0.1) is 0 Å². The van der Waals surface area contributed by atoms with E-state index in [0.717, 1.165) is 32.9 Å². The molecule has 1 heterocycles. The number of hydrogen-bond donors (Lipinski definition) is 1. The van der Waals surface area contributed by atoms with Crippen LogP contribution in [0.4, 0.5) is 5.69 Å². The fraction of sp³-hybridized carbons (Fsp3) is 0.385. The Morgan fingerprint density at radius 3 is 2.32 bits per heavy atom. The van der Waals surface area contributed by atoms with Gasteiger partial charge in [-0.2, -0.15) is 5.10 Å². The molecule has 0 fully saturated rings. The zero-order valence-corrected chi connectivity index (χ0v) is 21.9. The molecule has 3 aromatic rings. The van der Waals surface area contributed by atoms with Gasteiger partial charge >= 0.3 is 0 Å². The van der Waals surface area contributed by atoms with Gasteiger partial charge in [-0.05, 0) is 85.6 Å². The SMILES string of the molecule is CCOc1ccc(COc2ccc(NC(=O)C(C)Cn3nc(C)c(Br)c3C)cc2)cc1OCC. The normalized spacial score (nSPS) is 11.7. The minimum atomic E-state index is -0.236. The van der Waals surface area contributed by atoms with E-state index in [-0.39, 0.29) is 11.8 Å². The standard InChI is InChI=1S/C26H32BrN3O4/c1-6-32-23-13-8-20(14-24(23)33-7-2)16-34-22-11-9-21(10-12-22)28-26(31)17(3)15-30-19(5)25(27)18(4)29-30/h8-14,17H,6-7,15-16H2,1-5H3,(H,28,31). The quantitative estimate of drug-likeness (QED) is 0.334. The molecule has 1 atom stereocenters. The lowest BCUT2D eigenvalue weighted by molar-refractivity contribution is -0.119. The number of halogens is 1. The summed E-state index contributed by atoms with van der Waals surface area (Å²) in [5.74, 6) is 1.86. The van der Waals surface area contributed by atoms with Crippen LogP contribution in [-0.4, -0.2) is 28.9 Å². The zero-order valence-electron chi connectivity index (χ0n) is 20.4. The van der Waals surface area contributed by atoms with Crippen molar-refractivity contribution in [1.82, 2.24) is 9.78 Å². The fourth-order valence-electron chi connectivity index (χ4n) is 3.45. The lowest BCUT2D eigenvalue weighted by atomic mass is 10.1. The molecule has 3 rings (SSSR count). The van der Waals surface area contributed by atoms with Gasteiger partial charge in [0, 0.05) is 11.4 Å². The van der Waals surface area contributed by atoms with Crippen molar-refractivity contribution in [2.24, 2.45) is 5.92 Å². The minimum absolute atomic E-state index is 0.0600. The molecule has 0 aliphatic heterocycles. The van der Waals surface area contributed by atoms with E-state index >= 15 is 0 Å².